The predicted octanol–water partition coefficient (Wildman–Crippen LogP) is 2.50. The minimum atomic E-state index is -0.786. The molecular formula is C15H20O3. The molecule has 3 nitrogen and oxygen atoms in total. The Morgan fingerprint density at radius 3 is 2.72 bits per heavy atom. The molecular weight excluding hydrogens is 228 g/mol. The van der Waals surface area contributed by atoms with Gasteiger partial charge in [0.15, 0.2) is 6.29 Å². The molecule has 0 radical (unpaired) electrons. The Labute approximate surface area is 108 Å². The topological polar surface area (TPSA) is 38.7 Å². The van der Waals surface area contributed by atoms with Crippen LogP contribution in [0.1, 0.15) is 19.4 Å². The lowest BCUT2D eigenvalue weighted by atomic mass is 9.99. The van der Waals surface area contributed by atoms with Crippen LogP contribution in [-0.2, 0) is 16.1 Å². The maximum Gasteiger partial charge on any atom is 0.177 e. The molecule has 0 spiro atoms. The fourth-order valence-corrected chi connectivity index (χ4v) is 2.06. The third-order valence-electron chi connectivity index (χ3n) is 3.20. The largest absolute Gasteiger partial charge is 0.374 e. The van der Waals surface area contributed by atoms with E-state index in [-0.39, 0.29) is 12.0 Å². The van der Waals surface area contributed by atoms with Crippen molar-refractivity contribution in [2.45, 2.75) is 32.8 Å². The smallest absolute Gasteiger partial charge is 0.177 e. The summed E-state index contributed by atoms with van der Waals surface area (Å²) in [5.41, 5.74) is 2.02. The molecule has 1 aliphatic heterocycles. The Balaban J connectivity index is 1.81. The first kappa shape index (κ1) is 13.3. The summed E-state index contributed by atoms with van der Waals surface area (Å²) in [6.07, 6.45) is 1.18. The molecule has 1 aliphatic rings. The third-order valence-corrected chi connectivity index (χ3v) is 3.20. The lowest BCUT2D eigenvalue weighted by molar-refractivity contribution is -0.152. The number of rotatable bonds is 4. The van der Waals surface area contributed by atoms with E-state index >= 15 is 0 Å². The molecule has 0 saturated heterocycles. The van der Waals surface area contributed by atoms with E-state index in [1.165, 1.54) is 0 Å². The quantitative estimate of drug-likeness (QED) is 0.832. The average molecular weight is 248 g/mol. The molecule has 3 atom stereocenters. The van der Waals surface area contributed by atoms with Crippen LogP contribution < -0.4 is 0 Å². The second-order valence-electron chi connectivity index (χ2n) is 4.80. The van der Waals surface area contributed by atoms with Gasteiger partial charge in [0, 0.05) is 5.92 Å². The van der Waals surface area contributed by atoms with Crippen molar-refractivity contribution in [3.8, 4) is 0 Å². The molecule has 1 heterocycles. The summed E-state index contributed by atoms with van der Waals surface area (Å²) in [5, 5.41) is 9.64. The van der Waals surface area contributed by atoms with E-state index in [2.05, 4.69) is 6.92 Å². The SMILES string of the molecule is CC1=CC(C)C(COCc2ccccc2)OC1O. The lowest BCUT2D eigenvalue weighted by Crippen LogP contribution is -2.35. The lowest BCUT2D eigenvalue weighted by Gasteiger charge is -2.30. The van der Waals surface area contributed by atoms with Gasteiger partial charge in [-0.2, -0.15) is 0 Å². The van der Waals surface area contributed by atoms with Gasteiger partial charge in [-0.25, -0.2) is 0 Å². The van der Waals surface area contributed by atoms with E-state index in [0.717, 1.165) is 11.1 Å². The number of hydrogen-bond acceptors (Lipinski definition) is 3. The van der Waals surface area contributed by atoms with Gasteiger partial charge in [-0.15, -0.1) is 0 Å². The summed E-state index contributed by atoms with van der Waals surface area (Å²) in [6.45, 7) is 5.03. The number of ether oxygens (including phenoxy) is 2. The number of aliphatic hydroxyl groups is 1. The number of aliphatic hydroxyl groups excluding tert-OH is 1. The summed E-state index contributed by atoms with van der Waals surface area (Å²) in [7, 11) is 0. The Morgan fingerprint density at radius 2 is 2.00 bits per heavy atom. The van der Waals surface area contributed by atoms with E-state index in [0.29, 0.717) is 13.2 Å². The minimum Gasteiger partial charge on any atom is -0.374 e. The monoisotopic (exact) mass is 248 g/mol. The second kappa shape index (κ2) is 6.14. The van der Waals surface area contributed by atoms with Crippen molar-refractivity contribution >= 4 is 0 Å². The highest BCUT2D eigenvalue weighted by molar-refractivity contribution is 5.13. The summed E-state index contributed by atoms with van der Waals surface area (Å²) in [5.74, 6) is 0.268. The van der Waals surface area contributed by atoms with Gasteiger partial charge in [-0.05, 0) is 18.1 Å². The van der Waals surface area contributed by atoms with Crippen LogP contribution in [0, 0.1) is 5.92 Å². The zero-order chi connectivity index (χ0) is 13.0. The highest BCUT2D eigenvalue weighted by atomic mass is 16.6. The van der Waals surface area contributed by atoms with Crippen LogP contribution in [0.2, 0.25) is 0 Å². The Kier molecular flexibility index (Phi) is 4.53. The first-order chi connectivity index (χ1) is 8.66. The van der Waals surface area contributed by atoms with Crippen LogP contribution in [0.4, 0.5) is 0 Å². The van der Waals surface area contributed by atoms with Gasteiger partial charge in [-0.1, -0.05) is 43.3 Å². The maximum atomic E-state index is 9.64. The van der Waals surface area contributed by atoms with E-state index in [1.807, 2.05) is 43.3 Å². The molecule has 0 aromatic heterocycles. The molecule has 0 amide bonds. The summed E-state index contributed by atoms with van der Waals surface area (Å²) in [6, 6.07) is 10.0. The van der Waals surface area contributed by atoms with Gasteiger partial charge in [0.1, 0.15) is 0 Å². The summed E-state index contributed by atoms with van der Waals surface area (Å²) in [4.78, 5) is 0. The van der Waals surface area contributed by atoms with Gasteiger partial charge in [-0.3, -0.25) is 0 Å². The van der Waals surface area contributed by atoms with Gasteiger partial charge in [0.2, 0.25) is 0 Å². The van der Waals surface area contributed by atoms with Crippen LogP contribution in [0.25, 0.3) is 0 Å². The van der Waals surface area contributed by atoms with Gasteiger partial charge < -0.3 is 14.6 Å². The highest BCUT2D eigenvalue weighted by Crippen LogP contribution is 2.22. The molecule has 0 saturated carbocycles. The second-order valence-corrected chi connectivity index (χ2v) is 4.80. The molecule has 3 unspecified atom stereocenters. The molecule has 0 fully saturated rings. The van der Waals surface area contributed by atoms with Gasteiger partial charge in [0.25, 0.3) is 0 Å². The first-order valence-electron chi connectivity index (χ1n) is 6.30. The Bertz CT molecular complexity index is 399. The van der Waals surface area contributed by atoms with Crippen molar-refractivity contribution in [1.29, 1.82) is 0 Å². The van der Waals surface area contributed by atoms with Gasteiger partial charge in [0.05, 0.1) is 19.3 Å². The van der Waals surface area contributed by atoms with E-state index in [9.17, 15) is 5.11 Å². The van der Waals surface area contributed by atoms with Crippen molar-refractivity contribution in [1.82, 2.24) is 0 Å². The first-order valence-corrected chi connectivity index (χ1v) is 6.30. The molecule has 0 aliphatic carbocycles. The van der Waals surface area contributed by atoms with E-state index in [1.54, 1.807) is 0 Å². The zero-order valence-corrected chi connectivity index (χ0v) is 10.9. The highest BCUT2D eigenvalue weighted by Gasteiger charge is 2.26. The average Bonchev–Trinajstić information content (AvgIpc) is 2.37. The van der Waals surface area contributed by atoms with Crippen LogP contribution in [0.5, 0.6) is 0 Å². The van der Waals surface area contributed by atoms with Gasteiger partial charge >= 0.3 is 0 Å². The molecule has 1 aromatic rings. The van der Waals surface area contributed by atoms with Crippen LogP contribution in [0.3, 0.4) is 0 Å². The maximum absolute atomic E-state index is 9.64. The number of hydrogen-bond donors (Lipinski definition) is 1. The fraction of sp³-hybridized carbons (Fsp3) is 0.467. The van der Waals surface area contributed by atoms with E-state index < -0.39 is 6.29 Å². The van der Waals surface area contributed by atoms with Crippen LogP contribution in [-0.4, -0.2) is 24.1 Å². The van der Waals surface area contributed by atoms with Crippen molar-refractivity contribution in [3.05, 3.63) is 47.5 Å². The summed E-state index contributed by atoms with van der Waals surface area (Å²) >= 11 is 0. The molecule has 98 valence electrons. The van der Waals surface area contributed by atoms with Crippen LogP contribution in [0.15, 0.2) is 42.0 Å². The van der Waals surface area contributed by atoms with Crippen molar-refractivity contribution < 1.29 is 14.6 Å². The molecule has 18 heavy (non-hydrogen) atoms. The van der Waals surface area contributed by atoms with Crippen molar-refractivity contribution in [2.75, 3.05) is 6.61 Å². The minimum absolute atomic E-state index is 0.0765. The standard InChI is InChI=1S/C15H20O3/c1-11-8-12(2)15(16)18-14(11)10-17-9-13-6-4-3-5-7-13/h3-8,11,14-16H,9-10H2,1-2H3. The number of benzene rings is 1. The molecule has 0 bridgehead atoms. The predicted molar refractivity (Wildman–Crippen MR) is 69.9 cm³/mol. The zero-order valence-electron chi connectivity index (χ0n) is 10.9. The molecule has 3 heteroatoms. The molecule has 1 aromatic carbocycles. The molecule has 1 N–H and O–H groups in total. The Morgan fingerprint density at radius 1 is 1.28 bits per heavy atom. The normalized spacial score (nSPS) is 27.9. The van der Waals surface area contributed by atoms with Crippen molar-refractivity contribution in [2.24, 2.45) is 5.92 Å². The van der Waals surface area contributed by atoms with Crippen LogP contribution >= 0.6 is 0 Å². The van der Waals surface area contributed by atoms with E-state index in [4.69, 9.17) is 9.47 Å². The fourth-order valence-electron chi connectivity index (χ4n) is 2.06. The third kappa shape index (κ3) is 3.42. The van der Waals surface area contributed by atoms with Crippen molar-refractivity contribution in [3.63, 3.8) is 0 Å². The summed E-state index contributed by atoms with van der Waals surface area (Å²) < 4.78 is 11.2. The molecule has 2 rings (SSSR count). The Hall–Kier alpha value is -1.16.